The minimum Gasteiger partial charge on any atom is -0.486 e. The van der Waals surface area contributed by atoms with Crippen LogP contribution in [0.3, 0.4) is 0 Å². The molecule has 0 radical (unpaired) electrons. The molecule has 3 aromatic carbocycles. The van der Waals surface area contributed by atoms with Gasteiger partial charge in [-0.25, -0.2) is 12.8 Å². The zero-order valence-electron chi connectivity index (χ0n) is 24.1. The molecule has 4 rings (SSSR count). The molecule has 0 aliphatic carbocycles. The lowest BCUT2D eigenvalue weighted by molar-refractivity contribution is -0.140. The molecular formula is C30H32Cl2FN3O6S. The summed E-state index contributed by atoms with van der Waals surface area (Å²) in [4.78, 5) is 28.3. The number of halogens is 3. The molecule has 1 atom stereocenters. The number of amides is 2. The Bertz CT molecular complexity index is 1610. The standard InChI is InChI=1S/C30H32Cl2FN3O6S/c1-19(29(38)34-30(2,3)4)35(17-20-5-6-21(31)15-25(20)32)28(37)18-36(23-9-7-22(33)8-10-23)43(39,40)24-11-12-26-27(16-24)42-14-13-41-26/h5-12,15-16,19H,13-14,17-18H2,1-4H3,(H,34,38)/t19-/m0/s1. The zero-order valence-corrected chi connectivity index (χ0v) is 26.4. The molecule has 1 heterocycles. The van der Waals surface area contributed by atoms with E-state index in [9.17, 15) is 22.4 Å². The first-order chi connectivity index (χ1) is 20.2. The zero-order chi connectivity index (χ0) is 31.5. The van der Waals surface area contributed by atoms with Crippen LogP contribution in [0, 0.1) is 5.82 Å². The number of carbonyl (C=O) groups excluding carboxylic acids is 2. The molecule has 2 amide bonds. The van der Waals surface area contributed by atoms with E-state index in [0.29, 0.717) is 22.9 Å². The summed E-state index contributed by atoms with van der Waals surface area (Å²) in [6, 6.07) is 12.6. The van der Waals surface area contributed by atoms with Crippen molar-refractivity contribution in [2.75, 3.05) is 24.1 Å². The lowest BCUT2D eigenvalue weighted by atomic mass is 10.1. The summed E-state index contributed by atoms with van der Waals surface area (Å²) < 4.78 is 53.9. The summed E-state index contributed by atoms with van der Waals surface area (Å²) >= 11 is 12.5. The van der Waals surface area contributed by atoms with Crippen LogP contribution in [0.4, 0.5) is 10.1 Å². The van der Waals surface area contributed by atoms with Crippen molar-refractivity contribution in [2.24, 2.45) is 0 Å². The van der Waals surface area contributed by atoms with Crippen molar-refractivity contribution in [2.45, 2.75) is 50.7 Å². The van der Waals surface area contributed by atoms with Crippen molar-refractivity contribution in [3.05, 3.63) is 82.1 Å². The molecule has 0 unspecified atom stereocenters. The average molecular weight is 653 g/mol. The van der Waals surface area contributed by atoms with Crippen LogP contribution >= 0.6 is 23.2 Å². The van der Waals surface area contributed by atoms with E-state index in [2.05, 4.69) is 5.32 Å². The number of hydrogen-bond donors (Lipinski definition) is 1. The Morgan fingerprint density at radius 1 is 0.977 bits per heavy atom. The number of anilines is 1. The van der Waals surface area contributed by atoms with Gasteiger partial charge in [0.25, 0.3) is 10.0 Å². The van der Waals surface area contributed by atoms with E-state index < -0.39 is 45.8 Å². The maximum atomic E-state index is 14.1. The van der Waals surface area contributed by atoms with Crippen molar-refractivity contribution in [3.8, 4) is 11.5 Å². The minimum atomic E-state index is -4.41. The van der Waals surface area contributed by atoms with Crippen LogP contribution in [0.25, 0.3) is 0 Å². The number of sulfonamides is 1. The fraction of sp³-hybridized carbons (Fsp3) is 0.333. The first-order valence-corrected chi connectivity index (χ1v) is 15.6. The van der Waals surface area contributed by atoms with Gasteiger partial charge in [-0.3, -0.25) is 13.9 Å². The molecule has 1 aliphatic rings. The highest BCUT2D eigenvalue weighted by Gasteiger charge is 2.34. The topological polar surface area (TPSA) is 105 Å². The van der Waals surface area contributed by atoms with E-state index in [1.165, 1.54) is 41.3 Å². The van der Waals surface area contributed by atoms with E-state index in [0.717, 1.165) is 16.4 Å². The normalized spacial score (nSPS) is 13.7. The van der Waals surface area contributed by atoms with E-state index in [-0.39, 0.29) is 34.5 Å². The molecule has 0 saturated carbocycles. The van der Waals surface area contributed by atoms with Crippen LogP contribution in [0.5, 0.6) is 11.5 Å². The molecule has 0 saturated heterocycles. The summed E-state index contributed by atoms with van der Waals surface area (Å²) in [5, 5.41) is 3.51. The van der Waals surface area contributed by atoms with E-state index >= 15 is 0 Å². The fourth-order valence-electron chi connectivity index (χ4n) is 4.34. The third-order valence-corrected chi connectivity index (χ3v) is 8.87. The van der Waals surface area contributed by atoms with Crippen molar-refractivity contribution in [1.82, 2.24) is 10.2 Å². The predicted molar refractivity (Wildman–Crippen MR) is 163 cm³/mol. The quantitative estimate of drug-likeness (QED) is 0.331. The third kappa shape index (κ3) is 7.90. The highest BCUT2D eigenvalue weighted by Crippen LogP contribution is 2.34. The number of nitrogens with zero attached hydrogens (tertiary/aromatic N) is 2. The summed E-state index contributed by atoms with van der Waals surface area (Å²) in [5.41, 5.74) is -0.0570. The van der Waals surface area contributed by atoms with Gasteiger partial charge in [-0.2, -0.15) is 0 Å². The second-order valence-corrected chi connectivity index (χ2v) is 13.7. The number of carbonyl (C=O) groups is 2. The largest absolute Gasteiger partial charge is 0.486 e. The van der Waals surface area contributed by atoms with Crippen LogP contribution in [0.2, 0.25) is 10.0 Å². The second-order valence-electron chi connectivity index (χ2n) is 11.0. The molecule has 13 heteroatoms. The molecule has 43 heavy (non-hydrogen) atoms. The van der Waals surface area contributed by atoms with Gasteiger partial charge in [-0.1, -0.05) is 29.3 Å². The summed E-state index contributed by atoms with van der Waals surface area (Å²) in [5.74, 6) is -1.11. The Balaban J connectivity index is 1.74. The van der Waals surface area contributed by atoms with Crippen LogP contribution in [0.1, 0.15) is 33.3 Å². The van der Waals surface area contributed by atoms with Gasteiger partial charge in [0.15, 0.2) is 11.5 Å². The van der Waals surface area contributed by atoms with Crippen LogP contribution in [-0.2, 0) is 26.2 Å². The van der Waals surface area contributed by atoms with Gasteiger partial charge in [0.05, 0.1) is 10.6 Å². The highest BCUT2D eigenvalue weighted by atomic mass is 35.5. The van der Waals surface area contributed by atoms with Crippen LogP contribution in [0.15, 0.2) is 65.6 Å². The van der Waals surface area contributed by atoms with E-state index in [1.807, 2.05) is 0 Å². The Kier molecular flexibility index (Phi) is 9.78. The number of fused-ring (bicyclic) bond motifs is 1. The Labute approximate surface area is 260 Å². The van der Waals surface area contributed by atoms with Gasteiger partial charge in [0, 0.05) is 28.2 Å². The number of benzene rings is 3. The van der Waals surface area contributed by atoms with Crippen molar-refractivity contribution in [1.29, 1.82) is 0 Å². The first-order valence-electron chi connectivity index (χ1n) is 13.4. The average Bonchev–Trinajstić information content (AvgIpc) is 2.94. The Hall–Kier alpha value is -3.54. The Morgan fingerprint density at radius 3 is 2.26 bits per heavy atom. The molecule has 3 aromatic rings. The predicted octanol–water partition coefficient (Wildman–Crippen LogP) is 5.43. The molecule has 1 N–H and O–H groups in total. The Morgan fingerprint density at radius 2 is 1.63 bits per heavy atom. The van der Waals surface area contributed by atoms with Gasteiger partial charge in [0.2, 0.25) is 11.8 Å². The van der Waals surface area contributed by atoms with Crippen molar-refractivity contribution in [3.63, 3.8) is 0 Å². The second kappa shape index (κ2) is 13.0. The number of ether oxygens (including phenoxy) is 2. The molecule has 0 bridgehead atoms. The molecule has 1 aliphatic heterocycles. The molecule has 0 spiro atoms. The monoisotopic (exact) mass is 651 g/mol. The maximum absolute atomic E-state index is 14.1. The summed E-state index contributed by atoms with van der Waals surface area (Å²) in [6.45, 7) is 6.69. The van der Waals surface area contributed by atoms with Gasteiger partial charge >= 0.3 is 0 Å². The van der Waals surface area contributed by atoms with Crippen molar-refractivity contribution >= 4 is 50.7 Å². The number of rotatable bonds is 9. The fourth-order valence-corrected chi connectivity index (χ4v) is 6.24. The molecule has 0 fully saturated rings. The highest BCUT2D eigenvalue weighted by molar-refractivity contribution is 7.92. The number of nitrogens with one attached hydrogen (secondary N) is 1. The molecule has 0 aromatic heterocycles. The van der Waals surface area contributed by atoms with Crippen LogP contribution < -0.4 is 19.1 Å². The lowest BCUT2D eigenvalue weighted by Crippen LogP contribution is -2.54. The van der Waals surface area contributed by atoms with E-state index in [4.69, 9.17) is 32.7 Å². The minimum absolute atomic E-state index is 0.0425. The van der Waals surface area contributed by atoms with Gasteiger partial charge < -0.3 is 19.7 Å². The van der Waals surface area contributed by atoms with Gasteiger partial charge in [-0.05, 0) is 81.8 Å². The smallest absolute Gasteiger partial charge is 0.264 e. The van der Waals surface area contributed by atoms with Crippen LogP contribution in [-0.4, -0.2) is 56.5 Å². The van der Waals surface area contributed by atoms with Gasteiger partial charge in [0.1, 0.15) is 31.6 Å². The summed E-state index contributed by atoms with van der Waals surface area (Å²) in [6.07, 6.45) is 0. The number of hydrogen-bond acceptors (Lipinski definition) is 6. The molecular weight excluding hydrogens is 620 g/mol. The van der Waals surface area contributed by atoms with E-state index in [1.54, 1.807) is 39.8 Å². The van der Waals surface area contributed by atoms with Crippen molar-refractivity contribution < 1.29 is 31.9 Å². The first kappa shape index (κ1) is 32.4. The third-order valence-electron chi connectivity index (χ3n) is 6.52. The summed E-state index contributed by atoms with van der Waals surface area (Å²) in [7, 11) is -4.41. The van der Waals surface area contributed by atoms with Gasteiger partial charge in [-0.15, -0.1) is 0 Å². The SMILES string of the molecule is C[C@@H](C(=O)NC(C)(C)C)N(Cc1ccc(Cl)cc1Cl)C(=O)CN(c1ccc(F)cc1)S(=O)(=O)c1ccc2c(c1)OCCO2. The molecule has 9 nitrogen and oxygen atoms in total. The lowest BCUT2D eigenvalue weighted by Gasteiger charge is -2.33. The maximum Gasteiger partial charge on any atom is 0.264 e. The molecule has 230 valence electrons.